The molecule has 0 radical (unpaired) electrons. The third-order valence-electron chi connectivity index (χ3n) is 5.29. The maximum absolute atomic E-state index is 12.5. The third-order valence-corrected chi connectivity index (χ3v) is 5.52. The van der Waals surface area contributed by atoms with Gasteiger partial charge in [0.1, 0.15) is 5.76 Å². The van der Waals surface area contributed by atoms with Crippen LogP contribution in [-0.4, -0.2) is 48.1 Å². The van der Waals surface area contributed by atoms with Crippen LogP contribution in [0.15, 0.2) is 59.0 Å². The Kier molecular flexibility index (Phi) is 7.02. The first-order valence-electron chi connectivity index (χ1n) is 10.4. The van der Waals surface area contributed by atoms with Gasteiger partial charge in [0.2, 0.25) is 11.8 Å². The Morgan fingerprint density at radius 3 is 2.87 bits per heavy atom. The number of aryl methyl sites for hydroxylation is 1. The highest BCUT2D eigenvalue weighted by Gasteiger charge is 2.22. The first-order valence-corrected chi connectivity index (χ1v) is 10.8. The molecule has 1 aliphatic heterocycles. The van der Waals surface area contributed by atoms with Gasteiger partial charge in [-0.3, -0.25) is 9.69 Å². The third kappa shape index (κ3) is 5.94. The minimum atomic E-state index is -0.0911. The summed E-state index contributed by atoms with van der Waals surface area (Å²) < 4.78 is 11.6. The molecular weight excluding hydrogens is 414 g/mol. The van der Waals surface area contributed by atoms with Crippen molar-refractivity contribution in [2.24, 2.45) is 0 Å². The van der Waals surface area contributed by atoms with Crippen LogP contribution in [0.25, 0.3) is 11.5 Å². The van der Waals surface area contributed by atoms with E-state index in [1.165, 1.54) is 5.56 Å². The van der Waals surface area contributed by atoms with Crippen LogP contribution in [-0.2, 0) is 22.5 Å². The van der Waals surface area contributed by atoms with Gasteiger partial charge in [0, 0.05) is 36.8 Å². The highest BCUT2D eigenvalue weighted by atomic mass is 35.5. The Morgan fingerprint density at radius 2 is 2.06 bits per heavy atom. The summed E-state index contributed by atoms with van der Waals surface area (Å²) in [5, 5.41) is 3.72. The average molecular weight is 440 g/mol. The molecule has 1 aromatic heterocycles. The number of nitrogens with zero attached hydrogens (tertiary/aromatic N) is 2. The van der Waals surface area contributed by atoms with Crippen molar-refractivity contribution < 1.29 is 13.9 Å². The van der Waals surface area contributed by atoms with Crippen molar-refractivity contribution in [3.05, 3.63) is 76.6 Å². The van der Waals surface area contributed by atoms with Gasteiger partial charge in [-0.05, 0) is 36.8 Å². The summed E-state index contributed by atoms with van der Waals surface area (Å²) in [5.74, 6) is 1.11. The average Bonchev–Trinajstić information content (AvgIpc) is 3.13. The van der Waals surface area contributed by atoms with Gasteiger partial charge in [0.15, 0.2) is 0 Å². The lowest BCUT2D eigenvalue weighted by Gasteiger charge is -2.33. The largest absolute Gasteiger partial charge is 0.441 e. The molecule has 1 saturated heterocycles. The Hall–Kier alpha value is -2.67. The highest BCUT2D eigenvalue weighted by Crippen LogP contribution is 2.21. The van der Waals surface area contributed by atoms with E-state index in [1.807, 2.05) is 55.5 Å². The second-order valence-electron chi connectivity index (χ2n) is 7.73. The number of morpholine rings is 1. The molecule has 0 aliphatic carbocycles. The summed E-state index contributed by atoms with van der Waals surface area (Å²) in [4.78, 5) is 19.3. The van der Waals surface area contributed by atoms with Gasteiger partial charge in [0.25, 0.3) is 0 Å². The number of nitrogens with one attached hydrogen (secondary N) is 1. The molecule has 0 spiro atoms. The zero-order valence-corrected chi connectivity index (χ0v) is 18.3. The SMILES string of the molecule is Cc1oc(-c2ccccc2)nc1CC(=O)NC[C@H]1CN(Cc2cccc(Cl)c2)CCO1. The Labute approximate surface area is 187 Å². The van der Waals surface area contributed by atoms with E-state index >= 15 is 0 Å². The van der Waals surface area contributed by atoms with Crippen molar-refractivity contribution in [1.82, 2.24) is 15.2 Å². The molecule has 0 bridgehead atoms. The van der Waals surface area contributed by atoms with Crippen LogP contribution in [0.4, 0.5) is 0 Å². The predicted octanol–water partition coefficient (Wildman–Crippen LogP) is 3.86. The number of ether oxygens (including phenoxy) is 1. The van der Waals surface area contributed by atoms with Crippen LogP contribution < -0.4 is 5.32 Å². The molecule has 1 fully saturated rings. The summed E-state index contributed by atoms with van der Waals surface area (Å²) in [5.41, 5.74) is 2.73. The van der Waals surface area contributed by atoms with Gasteiger partial charge < -0.3 is 14.5 Å². The van der Waals surface area contributed by atoms with Crippen LogP contribution in [0.2, 0.25) is 5.02 Å². The lowest BCUT2D eigenvalue weighted by Crippen LogP contribution is -2.47. The van der Waals surface area contributed by atoms with E-state index in [-0.39, 0.29) is 18.4 Å². The number of carbonyl (C=O) groups is 1. The van der Waals surface area contributed by atoms with Crippen LogP contribution in [0, 0.1) is 6.92 Å². The second-order valence-corrected chi connectivity index (χ2v) is 8.16. The molecule has 7 heteroatoms. The zero-order valence-electron chi connectivity index (χ0n) is 17.5. The summed E-state index contributed by atoms with van der Waals surface area (Å²) in [7, 11) is 0. The lowest BCUT2D eigenvalue weighted by molar-refractivity contribution is -0.121. The van der Waals surface area contributed by atoms with Gasteiger partial charge >= 0.3 is 0 Å². The van der Waals surface area contributed by atoms with E-state index in [4.69, 9.17) is 20.8 Å². The smallest absolute Gasteiger partial charge is 0.226 e. The number of amides is 1. The van der Waals surface area contributed by atoms with E-state index in [0.29, 0.717) is 30.5 Å². The Bertz CT molecular complexity index is 1020. The molecular formula is C24H26ClN3O3. The van der Waals surface area contributed by atoms with Crippen LogP contribution in [0.3, 0.4) is 0 Å². The molecule has 2 heterocycles. The number of carbonyl (C=O) groups excluding carboxylic acids is 1. The number of hydrogen-bond donors (Lipinski definition) is 1. The van der Waals surface area contributed by atoms with Gasteiger partial charge in [-0.15, -0.1) is 0 Å². The van der Waals surface area contributed by atoms with Gasteiger partial charge in [-0.1, -0.05) is 41.9 Å². The predicted molar refractivity (Wildman–Crippen MR) is 120 cm³/mol. The van der Waals surface area contributed by atoms with Crippen LogP contribution >= 0.6 is 11.6 Å². The number of hydrogen-bond acceptors (Lipinski definition) is 5. The maximum Gasteiger partial charge on any atom is 0.226 e. The highest BCUT2D eigenvalue weighted by molar-refractivity contribution is 6.30. The molecule has 2 aromatic carbocycles. The minimum absolute atomic E-state index is 0.0461. The molecule has 1 atom stereocenters. The van der Waals surface area contributed by atoms with E-state index in [0.717, 1.165) is 30.2 Å². The fourth-order valence-electron chi connectivity index (χ4n) is 3.68. The Morgan fingerprint density at radius 1 is 1.23 bits per heavy atom. The Balaban J connectivity index is 1.27. The lowest BCUT2D eigenvalue weighted by atomic mass is 10.2. The number of benzene rings is 2. The molecule has 31 heavy (non-hydrogen) atoms. The fourth-order valence-corrected chi connectivity index (χ4v) is 3.89. The molecule has 1 amide bonds. The van der Waals surface area contributed by atoms with Crippen molar-refractivity contribution >= 4 is 17.5 Å². The molecule has 0 saturated carbocycles. The van der Waals surface area contributed by atoms with E-state index < -0.39 is 0 Å². The molecule has 3 aromatic rings. The number of halogens is 1. The molecule has 1 N–H and O–H groups in total. The van der Waals surface area contributed by atoms with Crippen LogP contribution in [0.5, 0.6) is 0 Å². The second kappa shape index (κ2) is 10.1. The number of aromatic nitrogens is 1. The number of rotatable bonds is 7. The molecule has 1 aliphatic rings. The van der Waals surface area contributed by atoms with Crippen molar-refractivity contribution in [2.45, 2.75) is 26.0 Å². The van der Waals surface area contributed by atoms with Gasteiger partial charge in [-0.2, -0.15) is 0 Å². The van der Waals surface area contributed by atoms with Crippen LogP contribution in [0.1, 0.15) is 17.0 Å². The van der Waals surface area contributed by atoms with Crippen molar-refractivity contribution in [3.8, 4) is 11.5 Å². The topological polar surface area (TPSA) is 67.6 Å². The molecule has 6 nitrogen and oxygen atoms in total. The molecule has 4 rings (SSSR count). The summed E-state index contributed by atoms with van der Waals surface area (Å²) in [6, 6.07) is 17.6. The van der Waals surface area contributed by atoms with Gasteiger partial charge in [0.05, 0.1) is 24.8 Å². The number of oxazole rings is 1. The van der Waals surface area contributed by atoms with E-state index in [1.54, 1.807) is 0 Å². The summed E-state index contributed by atoms with van der Waals surface area (Å²) in [6.07, 6.45) is 0.136. The summed E-state index contributed by atoms with van der Waals surface area (Å²) >= 11 is 6.09. The first kappa shape index (κ1) is 21.6. The monoisotopic (exact) mass is 439 g/mol. The maximum atomic E-state index is 12.5. The van der Waals surface area contributed by atoms with E-state index in [9.17, 15) is 4.79 Å². The fraction of sp³-hybridized carbons (Fsp3) is 0.333. The van der Waals surface area contributed by atoms with Gasteiger partial charge in [-0.25, -0.2) is 4.98 Å². The standard InChI is InChI=1S/C24H26ClN3O3/c1-17-22(27-24(31-17)19-7-3-2-4-8-19)13-23(29)26-14-21-16-28(10-11-30-21)15-18-6-5-9-20(25)12-18/h2-9,12,21H,10-11,13-16H2,1H3,(H,26,29)/t21-/m0/s1. The summed E-state index contributed by atoms with van der Waals surface area (Å²) in [6.45, 7) is 5.37. The van der Waals surface area contributed by atoms with Crippen molar-refractivity contribution in [1.29, 1.82) is 0 Å². The normalized spacial score (nSPS) is 16.9. The minimum Gasteiger partial charge on any atom is -0.441 e. The zero-order chi connectivity index (χ0) is 21.6. The van der Waals surface area contributed by atoms with Crippen molar-refractivity contribution in [3.63, 3.8) is 0 Å². The quantitative estimate of drug-likeness (QED) is 0.605. The van der Waals surface area contributed by atoms with Crippen molar-refractivity contribution in [2.75, 3.05) is 26.2 Å². The van der Waals surface area contributed by atoms with E-state index in [2.05, 4.69) is 21.3 Å². The molecule has 162 valence electrons. The molecule has 0 unspecified atom stereocenters. The first-order chi connectivity index (χ1) is 15.1.